The molecule has 3 aromatic rings. The highest BCUT2D eigenvalue weighted by Gasteiger charge is 2.25. The second-order valence-electron chi connectivity index (χ2n) is 7.34. The van der Waals surface area contributed by atoms with Crippen molar-refractivity contribution in [3.05, 3.63) is 53.2 Å². The molecule has 1 fully saturated rings. The largest absolute Gasteiger partial charge is 0.382 e. The van der Waals surface area contributed by atoms with E-state index in [1.54, 1.807) is 19.1 Å². The van der Waals surface area contributed by atoms with Crippen LogP contribution in [0.3, 0.4) is 0 Å². The Morgan fingerprint density at radius 2 is 2.20 bits per heavy atom. The maximum absolute atomic E-state index is 14.3. The van der Waals surface area contributed by atoms with Gasteiger partial charge in [-0.1, -0.05) is 6.07 Å². The number of carbonyl (C=O) groups is 1. The summed E-state index contributed by atoms with van der Waals surface area (Å²) in [5.41, 5.74) is 6.98. The molecule has 1 amide bonds. The zero-order valence-corrected chi connectivity index (χ0v) is 16.3. The highest BCUT2D eigenvalue weighted by atomic mass is 19.1. The molecule has 2 heterocycles. The number of nitriles is 1. The third-order valence-electron chi connectivity index (χ3n) is 5.08. The first-order valence-electron chi connectivity index (χ1n) is 9.62. The van der Waals surface area contributed by atoms with E-state index in [0.717, 1.165) is 12.8 Å². The lowest BCUT2D eigenvalue weighted by atomic mass is 10.0. The molecular formula is C21H20FN7O. The van der Waals surface area contributed by atoms with Crippen molar-refractivity contribution in [2.24, 2.45) is 5.92 Å². The zero-order chi connectivity index (χ0) is 21.3. The van der Waals surface area contributed by atoms with Crippen LogP contribution in [0.2, 0.25) is 0 Å². The maximum Gasteiger partial charge on any atom is 0.253 e. The summed E-state index contributed by atoms with van der Waals surface area (Å²) < 4.78 is 14.3. The summed E-state index contributed by atoms with van der Waals surface area (Å²) in [6.07, 6.45) is 3.45. The van der Waals surface area contributed by atoms with Crippen molar-refractivity contribution in [3.63, 3.8) is 0 Å². The van der Waals surface area contributed by atoms with Crippen LogP contribution in [0.25, 0.3) is 10.9 Å². The van der Waals surface area contributed by atoms with Gasteiger partial charge in [0.05, 0.1) is 22.8 Å². The van der Waals surface area contributed by atoms with E-state index in [1.807, 2.05) is 6.07 Å². The number of hydrogen-bond donors (Lipinski definition) is 3. The van der Waals surface area contributed by atoms with Gasteiger partial charge in [0.1, 0.15) is 35.4 Å². The molecule has 0 saturated heterocycles. The fourth-order valence-corrected chi connectivity index (χ4v) is 3.23. The van der Waals surface area contributed by atoms with Gasteiger partial charge in [-0.25, -0.2) is 19.3 Å². The van der Waals surface area contributed by atoms with Gasteiger partial charge < -0.3 is 16.4 Å². The highest BCUT2D eigenvalue weighted by molar-refractivity contribution is 5.99. The number of fused-ring (bicyclic) bond motifs is 1. The van der Waals surface area contributed by atoms with Crippen molar-refractivity contribution in [3.8, 4) is 6.07 Å². The minimum Gasteiger partial charge on any atom is -0.382 e. The Kier molecular flexibility index (Phi) is 5.14. The summed E-state index contributed by atoms with van der Waals surface area (Å²) in [6, 6.07) is 7.57. The number of carbonyl (C=O) groups excluding carboxylic acids is 1. The van der Waals surface area contributed by atoms with E-state index < -0.39 is 11.9 Å². The van der Waals surface area contributed by atoms with E-state index in [4.69, 9.17) is 5.73 Å². The SMILES string of the molecule is C[C@H](Nc1ncnc(N)c1C#N)c1nc2cccc(F)c2cc1C(=O)NCC1CC1. The highest BCUT2D eigenvalue weighted by Crippen LogP contribution is 2.29. The number of pyridine rings is 1. The number of benzene rings is 1. The molecule has 0 bridgehead atoms. The van der Waals surface area contributed by atoms with Crippen LogP contribution >= 0.6 is 0 Å². The van der Waals surface area contributed by atoms with Crippen molar-refractivity contribution in [2.45, 2.75) is 25.8 Å². The van der Waals surface area contributed by atoms with Crippen LogP contribution in [0.5, 0.6) is 0 Å². The molecule has 2 aromatic heterocycles. The van der Waals surface area contributed by atoms with E-state index in [1.165, 1.54) is 18.5 Å². The molecule has 30 heavy (non-hydrogen) atoms. The third kappa shape index (κ3) is 3.85. The smallest absolute Gasteiger partial charge is 0.253 e. The lowest BCUT2D eigenvalue weighted by Gasteiger charge is -2.19. The third-order valence-corrected chi connectivity index (χ3v) is 5.08. The monoisotopic (exact) mass is 405 g/mol. The van der Waals surface area contributed by atoms with Gasteiger partial charge >= 0.3 is 0 Å². The number of nitrogens with one attached hydrogen (secondary N) is 2. The number of nitrogen functional groups attached to an aromatic ring is 1. The molecule has 0 unspecified atom stereocenters. The fraction of sp³-hybridized carbons (Fsp3) is 0.286. The molecule has 4 rings (SSSR count). The Morgan fingerprint density at radius 3 is 2.93 bits per heavy atom. The second kappa shape index (κ2) is 7.91. The van der Waals surface area contributed by atoms with Crippen LogP contribution in [-0.4, -0.2) is 27.4 Å². The van der Waals surface area contributed by atoms with Gasteiger partial charge in [-0.15, -0.1) is 0 Å². The average molecular weight is 405 g/mol. The van der Waals surface area contributed by atoms with Crippen LogP contribution in [0.1, 0.15) is 47.4 Å². The minimum absolute atomic E-state index is 0.0538. The van der Waals surface area contributed by atoms with Crippen LogP contribution in [0, 0.1) is 23.1 Å². The van der Waals surface area contributed by atoms with E-state index >= 15 is 0 Å². The molecular weight excluding hydrogens is 385 g/mol. The molecule has 1 saturated carbocycles. The standard InChI is InChI=1S/C21H20FN7O/c1-11(28-20-15(8-23)19(24)26-10-27-20)18-14(21(30)25-9-12-5-6-12)7-13-16(22)3-2-4-17(13)29-18/h2-4,7,10-12H,5-6,9H2,1H3,(H,25,30)(H3,24,26,27,28)/t11-/m0/s1. The predicted molar refractivity (Wildman–Crippen MR) is 110 cm³/mol. The number of amides is 1. The topological polar surface area (TPSA) is 130 Å². The lowest BCUT2D eigenvalue weighted by molar-refractivity contribution is 0.0950. The van der Waals surface area contributed by atoms with E-state index in [-0.39, 0.29) is 34.1 Å². The van der Waals surface area contributed by atoms with Gasteiger partial charge in [0.15, 0.2) is 0 Å². The first-order chi connectivity index (χ1) is 14.5. The molecule has 9 heteroatoms. The van der Waals surface area contributed by atoms with Crippen molar-refractivity contribution >= 4 is 28.4 Å². The molecule has 152 valence electrons. The van der Waals surface area contributed by atoms with Crippen LogP contribution < -0.4 is 16.4 Å². The molecule has 0 radical (unpaired) electrons. The summed E-state index contributed by atoms with van der Waals surface area (Å²) in [6.45, 7) is 2.36. The number of aromatic nitrogens is 3. The van der Waals surface area contributed by atoms with Crippen molar-refractivity contribution in [2.75, 3.05) is 17.6 Å². The van der Waals surface area contributed by atoms with Crippen molar-refractivity contribution in [1.29, 1.82) is 5.26 Å². The molecule has 0 aliphatic heterocycles. The molecule has 1 aliphatic carbocycles. The summed E-state index contributed by atoms with van der Waals surface area (Å²) in [4.78, 5) is 25.3. The predicted octanol–water partition coefficient (Wildman–Crippen LogP) is 2.93. The molecule has 1 aliphatic rings. The first-order valence-corrected chi connectivity index (χ1v) is 9.62. The average Bonchev–Trinajstić information content (AvgIpc) is 3.56. The molecule has 1 atom stereocenters. The van der Waals surface area contributed by atoms with Gasteiger partial charge in [-0.05, 0) is 43.9 Å². The van der Waals surface area contributed by atoms with Crippen LogP contribution in [0.4, 0.5) is 16.0 Å². The van der Waals surface area contributed by atoms with Gasteiger partial charge in [0, 0.05) is 11.9 Å². The van der Waals surface area contributed by atoms with E-state index in [0.29, 0.717) is 23.7 Å². The second-order valence-corrected chi connectivity index (χ2v) is 7.34. The Labute approximate surface area is 172 Å². The number of nitrogens with two attached hydrogens (primary N) is 1. The summed E-state index contributed by atoms with van der Waals surface area (Å²) in [5, 5.41) is 15.6. The summed E-state index contributed by atoms with van der Waals surface area (Å²) >= 11 is 0. The normalized spacial score (nSPS) is 14.2. The summed E-state index contributed by atoms with van der Waals surface area (Å²) in [7, 11) is 0. The Hall–Kier alpha value is -3.80. The lowest BCUT2D eigenvalue weighted by Crippen LogP contribution is -2.28. The molecule has 0 spiro atoms. The van der Waals surface area contributed by atoms with Crippen LogP contribution in [-0.2, 0) is 0 Å². The number of halogens is 1. The molecule has 1 aromatic carbocycles. The van der Waals surface area contributed by atoms with Crippen molar-refractivity contribution < 1.29 is 9.18 Å². The summed E-state index contributed by atoms with van der Waals surface area (Å²) in [5.74, 6) is 0.0334. The van der Waals surface area contributed by atoms with E-state index in [9.17, 15) is 14.4 Å². The van der Waals surface area contributed by atoms with Crippen molar-refractivity contribution in [1.82, 2.24) is 20.3 Å². The minimum atomic E-state index is -0.513. The first kappa shape index (κ1) is 19.5. The number of anilines is 2. The number of rotatable bonds is 6. The Balaban J connectivity index is 1.74. The maximum atomic E-state index is 14.3. The Morgan fingerprint density at radius 1 is 1.40 bits per heavy atom. The van der Waals surface area contributed by atoms with Gasteiger partial charge in [-0.2, -0.15) is 5.26 Å². The number of hydrogen-bond acceptors (Lipinski definition) is 7. The Bertz CT molecular complexity index is 1170. The zero-order valence-electron chi connectivity index (χ0n) is 16.3. The molecule has 8 nitrogen and oxygen atoms in total. The molecule has 4 N–H and O–H groups in total. The van der Waals surface area contributed by atoms with Gasteiger partial charge in [0.2, 0.25) is 0 Å². The van der Waals surface area contributed by atoms with Gasteiger partial charge in [-0.3, -0.25) is 4.79 Å². The van der Waals surface area contributed by atoms with E-state index in [2.05, 4.69) is 25.6 Å². The fourth-order valence-electron chi connectivity index (χ4n) is 3.23. The quantitative estimate of drug-likeness (QED) is 0.575. The number of nitrogens with zero attached hydrogens (tertiary/aromatic N) is 4. The van der Waals surface area contributed by atoms with Gasteiger partial charge in [0.25, 0.3) is 5.91 Å². The van der Waals surface area contributed by atoms with Crippen LogP contribution in [0.15, 0.2) is 30.6 Å².